The molecule has 0 aliphatic carbocycles. The second-order valence-corrected chi connectivity index (χ2v) is 5.48. The van der Waals surface area contributed by atoms with Gasteiger partial charge in [0.25, 0.3) is 0 Å². The number of hydrogen-bond donors (Lipinski definition) is 0. The van der Waals surface area contributed by atoms with Crippen molar-refractivity contribution in [1.29, 1.82) is 0 Å². The van der Waals surface area contributed by atoms with E-state index in [1.165, 1.54) is 12.5 Å². The molecule has 0 saturated heterocycles. The Morgan fingerprint density at radius 1 is 0.917 bits per heavy atom. The van der Waals surface area contributed by atoms with E-state index in [2.05, 4.69) is 12.1 Å². The molecule has 4 heteroatoms. The van der Waals surface area contributed by atoms with Gasteiger partial charge in [0.05, 0.1) is 13.2 Å². The predicted molar refractivity (Wildman–Crippen MR) is 92.3 cm³/mol. The van der Waals surface area contributed by atoms with Crippen LogP contribution in [0, 0.1) is 0 Å². The molecule has 0 atom stereocenters. The summed E-state index contributed by atoms with van der Waals surface area (Å²) < 4.78 is 10.5. The molecule has 0 heterocycles. The third-order valence-corrected chi connectivity index (χ3v) is 3.53. The smallest absolute Gasteiger partial charge is 0.302 e. The van der Waals surface area contributed by atoms with E-state index in [0.717, 1.165) is 18.6 Å². The standard InChI is InChI=1S/C20H22O4/c1-16(21)23-15-13-20(22)18-9-11-19(12-10-18)24-14-5-8-17-6-3-2-4-7-17/h2-4,6-7,9-12H,5,8,13-15H2,1H3. The monoisotopic (exact) mass is 326 g/mol. The number of Topliss-reactive ketones (excluding diaryl/α,β-unsaturated/α-hetero) is 1. The number of carbonyl (C=O) groups excluding carboxylic acids is 2. The molecule has 0 spiro atoms. The largest absolute Gasteiger partial charge is 0.494 e. The molecule has 0 unspecified atom stereocenters. The quantitative estimate of drug-likeness (QED) is 0.399. The number of esters is 1. The van der Waals surface area contributed by atoms with E-state index in [9.17, 15) is 9.59 Å². The first-order chi connectivity index (χ1) is 11.6. The molecule has 0 amide bonds. The van der Waals surface area contributed by atoms with Gasteiger partial charge in [0, 0.05) is 18.9 Å². The third kappa shape index (κ3) is 6.24. The Bertz CT molecular complexity index is 647. The molecule has 0 aliphatic heterocycles. The fourth-order valence-electron chi connectivity index (χ4n) is 2.28. The highest BCUT2D eigenvalue weighted by molar-refractivity contribution is 5.96. The summed E-state index contributed by atoms with van der Waals surface area (Å²) >= 11 is 0. The van der Waals surface area contributed by atoms with E-state index in [1.54, 1.807) is 24.3 Å². The van der Waals surface area contributed by atoms with E-state index in [-0.39, 0.29) is 24.8 Å². The molecule has 2 aromatic carbocycles. The Morgan fingerprint density at radius 3 is 2.29 bits per heavy atom. The minimum absolute atomic E-state index is 0.0492. The van der Waals surface area contributed by atoms with E-state index >= 15 is 0 Å². The predicted octanol–water partition coefficient (Wildman–Crippen LogP) is 3.83. The highest BCUT2D eigenvalue weighted by Crippen LogP contribution is 2.14. The lowest BCUT2D eigenvalue weighted by molar-refractivity contribution is -0.140. The van der Waals surface area contributed by atoms with Gasteiger partial charge in [-0.25, -0.2) is 0 Å². The number of ether oxygens (including phenoxy) is 2. The maximum Gasteiger partial charge on any atom is 0.302 e. The van der Waals surface area contributed by atoms with Gasteiger partial charge in [-0.15, -0.1) is 0 Å². The topological polar surface area (TPSA) is 52.6 Å². The maximum absolute atomic E-state index is 11.9. The van der Waals surface area contributed by atoms with Gasteiger partial charge in [-0.2, -0.15) is 0 Å². The summed E-state index contributed by atoms with van der Waals surface area (Å²) in [6, 6.07) is 17.4. The van der Waals surface area contributed by atoms with Gasteiger partial charge in [-0.3, -0.25) is 9.59 Å². The van der Waals surface area contributed by atoms with Crippen molar-refractivity contribution in [2.75, 3.05) is 13.2 Å². The van der Waals surface area contributed by atoms with Crippen LogP contribution in [-0.4, -0.2) is 25.0 Å². The van der Waals surface area contributed by atoms with Gasteiger partial charge in [0.1, 0.15) is 5.75 Å². The van der Waals surface area contributed by atoms with Crippen LogP contribution in [0.25, 0.3) is 0 Å². The molecule has 0 bridgehead atoms. The van der Waals surface area contributed by atoms with E-state index in [1.807, 2.05) is 18.2 Å². The molecule has 0 radical (unpaired) electrons. The van der Waals surface area contributed by atoms with Crippen LogP contribution in [0.5, 0.6) is 5.75 Å². The Hall–Kier alpha value is -2.62. The number of hydrogen-bond acceptors (Lipinski definition) is 4. The summed E-state index contributed by atoms with van der Waals surface area (Å²) in [6.07, 6.45) is 2.11. The SMILES string of the molecule is CC(=O)OCCC(=O)c1ccc(OCCCc2ccccc2)cc1. The van der Waals surface area contributed by atoms with E-state index in [0.29, 0.717) is 12.2 Å². The fourth-order valence-corrected chi connectivity index (χ4v) is 2.28. The Morgan fingerprint density at radius 2 is 1.62 bits per heavy atom. The van der Waals surface area contributed by atoms with Crippen LogP contribution in [0.4, 0.5) is 0 Å². The van der Waals surface area contributed by atoms with Gasteiger partial charge in [-0.05, 0) is 42.7 Å². The lowest BCUT2D eigenvalue weighted by Gasteiger charge is -2.07. The van der Waals surface area contributed by atoms with Crippen molar-refractivity contribution in [1.82, 2.24) is 0 Å². The Balaban J connectivity index is 1.71. The molecule has 0 saturated carbocycles. The third-order valence-electron chi connectivity index (χ3n) is 3.53. The molecule has 4 nitrogen and oxygen atoms in total. The second kappa shape index (κ2) is 9.50. The highest BCUT2D eigenvalue weighted by atomic mass is 16.5. The molecule has 0 fully saturated rings. The van der Waals surface area contributed by atoms with Crippen molar-refractivity contribution >= 4 is 11.8 Å². The van der Waals surface area contributed by atoms with Crippen molar-refractivity contribution in [3.63, 3.8) is 0 Å². The van der Waals surface area contributed by atoms with Crippen LogP contribution < -0.4 is 4.74 Å². The molecule has 0 N–H and O–H groups in total. The molecule has 126 valence electrons. The van der Waals surface area contributed by atoms with Crippen LogP contribution >= 0.6 is 0 Å². The second-order valence-electron chi connectivity index (χ2n) is 5.48. The molecule has 24 heavy (non-hydrogen) atoms. The molecule has 0 aromatic heterocycles. The zero-order chi connectivity index (χ0) is 17.2. The minimum Gasteiger partial charge on any atom is -0.494 e. The van der Waals surface area contributed by atoms with Crippen LogP contribution in [0.2, 0.25) is 0 Å². The molecular weight excluding hydrogens is 304 g/mol. The van der Waals surface area contributed by atoms with E-state index in [4.69, 9.17) is 9.47 Å². The van der Waals surface area contributed by atoms with Crippen molar-refractivity contribution in [2.24, 2.45) is 0 Å². The van der Waals surface area contributed by atoms with Gasteiger partial charge in [0.15, 0.2) is 5.78 Å². The number of ketones is 1. The average Bonchev–Trinajstić information content (AvgIpc) is 2.60. The lowest BCUT2D eigenvalue weighted by Crippen LogP contribution is -2.07. The van der Waals surface area contributed by atoms with Gasteiger partial charge >= 0.3 is 5.97 Å². The van der Waals surface area contributed by atoms with Gasteiger partial charge in [-0.1, -0.05) is 30.3 Å². The summed E-state index contributed by atoms with van der Waals surface area (Å²) in [6.45, 7) is 2.08. The maximum atomic E-state index is 11.9. The van der Waals surface area contributed by atoms with Crippen LogP contribution in [-0.2, 0) is 16.0 Å². The molecule has 2 rings (SSSR count). The molecular formula is C20H22O4. The van der Waals surface area contributed by atoms with Crippen molar-refractivity contribution < 1.29 is 19.1 Å². The first-order valence-electron chi connectivity index (χ1n) is 8.08. The van der Waals surface area contributed by atoms with Crippen molar-refractivity contribution in [3.05, 3.63) is 65.7 Å². The Kier molecular flexibility index (Phi) is 7.02. The zero-order valence-corrected chi connectivity index (χ0v) is 13.9. The molecule has 2 aromatic rings. The minimum atomic E-state index is -0.373. The number of aryl methyl sites for hydroxylation is 1. The van der Waals surface area contributed by atoms with Crippen LogP contribution in [0.1, 0.15) is 35.7 Å². The lowest BCUT2D eigenvalue weighted by atomic mass is 10.1. The fraction of sp³-hybridized carbons (Fsp3) is 0.300. The van der Waals surface area contributed by atoms with Gasteiger partial charge < -0.3 is 9.47 Å². The number of benzene rings is 2. The summed E-state index contributed by atoms with van der Waals surface area (Å²) in [5.41, 5.74) is 1.90. The summed E-state index contributed by atoms with van der Waals surface area (Å²) in [4.78, 5) is 22.6. The normalized spacial score (nSPS) is 10.2. The first kappa shape index (κ1) is 17.7. The van der Waals surface area contributed by atoms with E-state index < -0.39 is 0 Å². The number of carbonyl (C=O) groups is 2. The molecule has 0 aliphatic rings. The number of rotatable bonds is 9. The average molecular weight is 326 g/mol. The van der Waals surface area contributed by atoms with Crippen LogP contribution in [0.15, 0.2) is 54.6 Å². The van der Waals surface area contributed by atoms with Crippen molar-refractivity contribution in [2.45, 2.75) is 26.2 Å². The Labute approximate surface area is 142 Å². The summed E-state index contributed by atoms with van der Waals surface area (Å²) in [5, 5.41) is 0. The van der Waals surface area contributed by atoms with Crippen molar-refractivity contribution in [3.8, 4) is 5.75 Å². The first-order valence-corrected chi connectivity index (χ1v) is 8.08. The zero-order valence-electron chi connectivity index (χ0n) is 13.9. The highest BCUT2D eigenvalue weighted by Gasteiger charge is 2.07. The summed E-state index contributed by atoms with van der Waals surface area (Å²) in [5.74, 6) is 0.327. The van der Waals surface area contributed by atoms with Crippen LogP contribution in [0.3, 0.4) is 0 Å². The van der Waals surface area contributed by atoms with Gasteiger partial charge in [0.2, 0.25) is 0 Å². The summed E-state index contributed by atoms with van der Waals surface area (Å²) in [7, 11) is 0.